The van der Waals surface area contributed by atoms with Crippen molar-refractivity contribution in [1.29, 1.82) is 0 Å². The molecule has 7 heteroatoms. The summed E-state index contributed by atoms with van der Waals surface area (Å²) in [7, 11) is 0. The molecule has 0 unspecified atom stereocenters. The van der Waals surface area contributed by atoms with E-state index in [4.69, 9.17) is 0 Å². The Hall–Kier alpha value is -3.32. The van der Waals surface area contributed by atoms with Crippen LogP contribution in [0, 0.1) is 5.92 Å². The Morgan fingerprint density at radius 3 is 2.50 bits per heavy atom. The van der Waals surface area contributed by atoms with Gasteiger partial charge < -0.3 is 19.7 Å². The van der Waals surface area contributed by atoms with Crippen LogP contribution in [0.2, 0.25) is 0 Å². The SMILES string of the molecule is O=C(c1c(O)cccc1O)N1CC[C@H]2[C@@H](C1)CN2Cc1ccc(-n2ccnc2)cc1. The standard InChI is InChI=1S/C23H24N4O3/c28-20-2-1-3-21(29)22(20)23(30)25-10-8-19-17(13-25)14-27(19)12-16-4-6-18(7-5-16)26-11-9-24-15-26/h1-7,9,11,15,17,19,28-29H,8,10,12-14H2/t17-,19-/m0/s1. The number of aromatic hydroxyl groups is 2. The van der Waals surface area contributed by atoms with Crippen molar-refractivity contribution in [3.8, 4) is 17.2 Å². The number of amides is 1. The molecule has 2 aliphatic rings. The maximum Gasteiger partial charge on any atom is 0.261 e. The largest absolute Gasteiger partial charge is 0.507 e. The summed E-state index contributed by atoms with van der Waals surface area (Å²) >= 11 is 0. The first-order valence-electron chi connectivity index (χ1n) is 10.2. The van der Waals surface area contributed by atoms with Crippen molar-refractivity contribution in [3.63, 3.8) is 0 Å². The number of carbonyl (C=O) groups is 1. The van der Waals surface area contributed by atoms with Crippen LogP contribution in [-0.4, -0.2) is 61.1 Å². The molecule has 2 fully saturated rings. The zero-order chi connectivity index (χ0) is 20.7. The number of benzene rings is 2. The number of fused-ring (bicyclic) bond motifs is 1. The van der Waals surface area contributed by atoms with Gasteiger partial charge in [0.2, 0.25) is 0 Å². The number of piperidine rings is 1. The van der Waals surface area contributed by atoms with Gasteiger partial charge in [0.1, 0.15) is 17.1 Å². The molecule has 30 heavy (non-hydrogen) atoms. The van der Waals surface area contributed by atoms with E-state index in [0.717, 1.165) is 25.2 Å². The van der Waals surface area contributed by atoms with Crippen LogP contribution in [0.25, 0.3) is 5.69 Å². The lowest BCUT2D eigenvalue weighted by Crippen LogP contribution is -2.63. The molecule has 1 amide bonds. The molecule has 2 saturated heterocycles. The molecule has 2 N–H and O–H groups in total. The smallest absolute Gasteiger partial charge is 0.261 e. The minimum atomic E-state index is -0.294. The van der Waals surface area contributed by atoms with Crippen LogP contribution in [0.4, 0.5) is 0 Å². The van der Waals surface area contributed by atoms with E-state index >= 15 is 0 Å². The van der Waals surface area contributed by atoms with Crippen molar-refractivity contribution in [2.45, 2.75) is 19.0 Å². The van der Waals surface area contributed by atoms with Gasteiger partial charge in [-0.3, -0.25) is 9.69 Å². The maximum atomic E-state index is 12.8. The van der Waals surface area contributed by atoms with Crippen LogP contribution >= 0.6 is 0 Å². The summed E-state index contributed by atoms with van der Waals surface area (Å²) in [6.07, 6.45) is 6.39. The molecule has 2 aromatic carbocycles. The molecule has 0 spiro atoms. The van der Waals surface area contributed by atoms with E-state index in [0.29, 0.717) is 25.0 Å². The number of carbonyl (C=O) groups excluding carboxylic acids is 1. The molecule has 2 aliphatic heterocycles. The average molecular weight is 404 g/mol. The summed E-state index contributed by atoms with van der Waals surface area (Å²) in [6.45, 7) is 3.14. The third kappa shape index (κ3) is 3.31. The number of imidazole rings is 1. The third-order valence-electron chi connectivity index (χ3n) is 6.28. The summed E-state index contributed by atoms with van der Waals surface area (Å²) in [4.78, 5) is 21.1. The number of hydrogen-bond donors (Lipinski definition) is 2. The number of nitrogens with zero attached hydrogens (tertiary/aromatic N) is 4. The van der Waals surface area contributed by atoms with Gasteiger partial charge in [0.15, 0.2) is 0 Å². The molecule has 154 valence electrons. The van der Waals surface area contributed by atoms with E-state index in [2.05, 4.69) is 34.1 Å². The number of phenolic OH excluding ortho intramolecular Hbond substituents is 2. The highest BCUT2D eigenvalue weighted by molar-refractivity contribution is 5.99. The first-order valence-corrected chi connectivity index (χ1v) is 10.2. The zero-order valence-corrected chi connectivity index (χ0v) is 16.6. The Morgan fingerprint density at radius 1 is 1.07 bits per heavy atom. The highest BCUT2D eigenvalue weighted by atomic mass is 16.3. The first-order chi connectivity index (χ1) is 14.6. The number of aromatic nitrogens is 2. The van der Waals surface area contributed by atoms with Crippen molar-refractivity contribution >= 4 is 5.91 Å². The first kappa shape index (κ1) is 18.7. The Balaban J connectivity index is 1.19. The minimum absolute atomic E-state index is 0.00473. The molecule has 7 nitrogen and oxygen atoms in total. The van der Waals surface area contributed by atoms with Gasteiger partial charge in [-0.25, -0.2) is 4.98 Å². The molecular formula is C23H24N4O3. The predicted molar refractivity (Wildman–Crippen MR) is 112 cm³/mol. The molecule has 1 aromatic heterocycles. The van der Waals surface area contributed by atoms with Gasteiger partial charge in [0, 0.05) is 56.2 Å². The van der Waals surface area contributed by atoms with E-state index in [1.54, 1.807) is 17.4 Å². The summed E-state index contributed by atoms with van der Waals surface area (Å²) in [5.74, 6) is -0.202. The zero-order valence-electron chi connectivity index (χ0n) is 16.6. The second kappa shape index (κ2) is 7.50. The molecule has 0 bridgehead atoms. The van der Waals surface area contributed by atoms with Crippen LogP contribution < -0.4 is 0 Å². The van der Waals surface area contributed by atoms with Crippen LogP contribution in [0.1, 0.15) is 22.3 Å². The molecule has 0 radical (unpaired) electrons. The van der Waals surface area contributed by atoms with Crippen molar-refractivity contribution in [3.05, 3.63) is 72.3 Å². The van der Waals surface area contributed by atoms with Gasteiger partial charge in [-0.15, -0.1) is 0 Å². The lowest BCUT2D eigenvalue weighted by atomic mass is 9.82. The van der Waals surface area contributed by atoms with Crippen LogP contribution in [0.3, 0.4) is 0 Å². The quantitative estimate of drug-likeness (QED) is 0.699. The van der Waals surface area contributed by atoms with Crippen LogP contribution in [-0.2, 0) is 6.54 Å². The molecular weight excluding hydrogens is 380 g/mol. The van der Waals surface area contributed by atoms with E-state index in [-0.39, 0.29) is 23.0 Å². The molecule has 3 heterocycles. The van der Waals surface area contributed by atoms with Gasteiger partial charge >= 0.3 is 0 Å². The van der Waals surface area contributed by atoms with Crippen molar-refractivity contribution in [1.82, 2.24) is 19.4 Å². The second-order valence-corrected chi connectivity index (χ2v) is 8.10. The van der Waals surface area contributed by atoms with E-state index < -0.39 is 0 Å². The molecule has 0 aliphatic carbocycles. The predicted octanol–water partition coefficient (Wildman–Crippen LogP) is 2.63. The monoisotopic (exact) mass is 404 g/mol. The summed E-state index contributed by atoms with van der Waals surface area (Å²) < 4.78 is 1.98. The number of phenols is 2. The Morgan fingerprint density at radius 2 is 1.83 bits per heavy atom. The number of rotatable bonds is 4. The van der Waals surface area contributed by atoms with Gasteiger partial charge in [0.05, 0.1) is 6.33 Å². The van der Waals surface area contributed by atoms with Gasteiger partial charge in [0.25, 0.3) is 5.91 Å². The van der Waals surface area contributed by atoms with Crippen molar-refractivity contribution in [2.24, 2.45) is 5.92 Å². The Labute approximate surface area is 174 Å². The Bertz CT molecular complexity index is 1030. The molecule has 2 atom stereocenters. The van der Waals surface area contributed by atoms with Crippen molar-refractivity contribution in [2.75, 3.05) is 19.6 Å². The minimum Gasteiger partial charge on any atom is -0.507 e. The fraction of sp³-hybridized carbons (Fsp3) is 0.304. The topological polar surface area (TPSA) is 81.8 Å². The van der Waals surface area contributed by atoms with Gasteiger partial charge in [-0.05, 0) is 36.2 Å². The second-order valence-electron chi connectivity index (χ2n) is 8.10. The lowest BCUT2D eigenvalue weighted by Gasteiger charge is -2.53. The summed E-state index contributed by atoms with van der Waals surface area (Å²) in [5, 5.41) is 20.0. The maximum absolute atomic E-state index is 12.8. The summed E-state index contributed by atoms with van der Waals surface area (Å²) in [5.41, 5.74) is 2.37. The molecule has 3 aromatic rings. The highest BCUT2D eigenvalue weighted by Gasteiger charge is 2.43. The number of likely N-dealkylation sites (tertiary alicyclic amines) is 2. The Kier molecular flexibility index (Phi) is 4.67. The van der Waals surface area contributed by atoms with Gasteiger partial charge in [-0.2, -0.15) is 0 Å². The van der Waals surface area contributed by atoms with Crippen molar-refractivity contribution < 1.29 is 15.0 Å². The molecule has 0 saturated carbocycles. The van der Waals surface area contributed by atoms with Gasteiger partial charge in [-0.1, -0.05) is 18.2 Å². The lowest BCUT2D eigenvalue weighted by molar-refractivity contribution is -0.0422. The summed E-state index contributed by atoms with van der Waals surface area (Å²) in [6, 6.07) is 13.4. The fourth-order valence-electron chi connectivity index (χ4n) is 4.67. The van der Waals surface area contributed by atoms with Crippen LogP contribution in [0.15, 0.2) is 61.2 Å². The molecule has 5 rings (SSSR count). The fourth-order valence-corrected chi connectivity index (χ4v) is 4.67. The van der Waals surface area contributed by atoms with Crippen LogP contribution in [0.5, 0.6) is 11.5 Å². The highest BCUT2D eigenvalue weighted by Crippen LogP contribution is 2.36. The van der Waals surface area contributed by atoms with E-state index in [1.165, 1.54) is 23.8 Å². The van der Waals surface area contributed by atoms with E-state index in [9.17, 15) is 15.0 Å². The average Bonchev–Trinajstić information content (AvgIpc) is 3.27. The third-order valence-corrected chi connectivity index (χ3v) is 6.28. The number of hydrogen-bond acceptors (Lipinski definition) is 5. The van der Waals surface area contributed by atoms with E-state index in [1.807, 2.05) is 10.8 Å². The normalized spacial score (nSPS) is 21.1.